The number of nitrogens with zero attached hydrogens (tertiary/aromatic N) is 3. The van der Waals surface area contributed by atoms with Crippen molar-refractivity contribution in [1.29, 1.82) is 0 Å². The molecule has 0 unspecified atom stereocenters. The van der Waals surface area contributed by atoms with Crippen LogP contribution in [0.4, 0.5) is 5.69 Å². The van der Waals surface area contributed by atoms with Gasteiger partial charge in [-0.25, -0.2) is 13.2 Å². The highest BCUT2D eigenvalue weighted by Crippen LogP contribution is 2.23. The molecule has 8 nitrogen and oxygen atoms in total. The quantitative estimate of drug-likeness (QED) is 0.593. The summed E-state index contributed by atoms with van der Waals surface area (Å²) < 4.78 is 34.8. The lowest BCUT2D eigenvalue weighted by atomic mass is 10.2. The van der Waals surface area contributed by atoms with E-state index in [2.05, 4.69) is 10.1 Å². The van der Waals surface area contributed by atoms with Crippen molar-refractivity contribution in [2.75, 3.05) is 17.6 Å². The normalized spacial score (nSPS) is 11.3. The number of benzene rings is 1. The van der Waals surface area contributed by atoms with Crippen LogP contribution in [-0.2, 0) is 21.4 Å². The Morgan fingerprint density at radius 2 is 2.04 bits per heavy atom. The van der Waals surface area contributed by atoms with Crippen molar-refractivity contribution in [3.63, 3.8) is 0 Å². The number of hydrogen-bond donors (Lipinski definition) is 0. The fourth-order valence-corrected chi connectivity index (χ4v) is 3.29. The number of ether oxygens (including phenoxy) is 1. The van der Waals surface area contributed by atoms with Gasteiger partial charge in [-0.1, -0.05) is 23.4 Å². The standard InChI is InChI=1S/C16H15N3O5S2/c1-19(26(2,21)22)12-7-4-3-6-11(12)16(20)23-10-14-17-15(18-24-14)13-8-5-9-25-13/h3-9H,10H2,1-2H3. The van der Waals surface area contributed by atoms with E-state index >= 15 is 0 Å². The molecular weight excluding hydrogens is 378 g/mol. The zero-order valence-electron chi connectivity index (χ0n) is 13.9. The summed E-state index contributed by atoms with van der Waals surface area (Å²) in [5, 5.41) is 5.72. The van der Waals surface area contributed by atoms with Crippen LogP contribution in [0, 0.1) is 0 Å². The van der Waals surface area contributed by atoms with Gasteiger partial charge in [0.25, 0.3) is 5.89 Å². The average Bonchev–Trinajstić information content (AvgIpc) is 3.29. The zero-order valence-corrected chi connectivity index (χ0v) is 15.6. The second kappa shape index (κ2) is 7.26. The molecule has 0 N–H and O–H groups in total. The Hall–Kier alpha value is -2.72. The molecule has 0 bridgehead atoms. The summed E-state index contributed by atoms with van der Waals surface area (Å²) in [6.45, 7) is -0.214. The topological polar surface area (TPSA) is 103 Å². The van der Waals surface area contributed by atoms with Gasteiger partial charge in [-0.15, -0.1) is 11.3 Å². The number of aromatic nitrogens is 2. The molecule has 0 amide bonds. The van der Waals surface area contributed by atoms with E-state index in [4.69, 9.17) is 9.26 Å². The Balaban J connectivity index is 1.73. The third-order valence-corrected chi connectivity index (χ3v) is 5.55. The molecule has 1 aromatic carbocycles. The summed E-state index contributed by atoms with van der Waals surface area (Å²) in [6.07, 6.45) is 1.06. The predicted molar refractivity (Wildman–Crippen MR) is 96.4 cm³/mol. The van der Waals surface area contributed by atoms with Gasteiger partial charge in [0.15, 0.2) is 6.61 Å². The molecule has 3 aromatic rings. The summed E-state index contributed by atoms with van der Waals surface area (Å²) in [4.78, 5) is 17.4. The van der Waals surface area contributed by atoms with E-state index in [-0.39, 0.29) is 23.7 Å². The first-order valence-electron chi connectivity index (χ1n) is 7.43. The second-order valence-electron chi connectivity index (χ2n) is 5.31. The van der Waals surface area contributed by atoms with Crippen molar-refractivity contribution in [2.24, 2.45) is 0 Å². The molecule has 0 aliphatic rings. The monoisotopic (exact) mass is 393 g/mol. The lowest BCUT2D eigenvalue weighted by Crippen LogP contribution is -2.26. The van der Waals surface area contributed by atoms with Crippen LogP contribution in [0.15, 0.2) is 46.3 Å². The van der Waals surface area contributed by atoms with Gasteiger partial charge in [-0.05, 0) is 23.6 Å². The minimum Gasteiger partial charge on any atom is -0.452 e. The highest BCUT2D eigenvalue weighted by molar-refractivity contribution is 7.92. The number of esters is 1. The van der Waals surface area contributed by atoms with Gasteiger partial charge in [-0.2, -0.15) is 4.98 Å². The van der Waals surface area contributed by atoms with Crippen LogP contribution in [0.1, 0.15) is 16.2 Å². The molecule has 0 spiro atoms. The summed E-state index contributed by atoms with van der Waals surface area (Å²) >= 11 is 1.46. The van der Waals surface area contributed by atoms with E-state index in [1.807, 2.05) is 17.5 Å². The molecule has 0 aliphatic heterocycles. The van der Waals surface area contributed by atoms with Gasteiger partial charge in [0, 0.05) is 7.05 Å². The number of para-hydroxylation sites is 1. The molecule has 0 saturated heterocycles. The van der Waals surface area contributed by atoms with Crippen molar-refractivity contribution in [3.05, 3.63) is 53.2 Å². The third kappa shape index (κ3) is 3.92. The SMILES string of the molecule is CN(c1ccccc1C(=O)OCc1nc(-c2cccs2)no1)S(C)(=O)=O. The third-order valence-electron chi connectivity index (χ3n) is 3.50. The molecule has 0 radical (unpaired) electrons. The molecule has 0 atom stereocenters. The maximum absolute atomic E-state index is 12.4. The zero-order chi connectivity index (χ0) is 18.7. The van der Waals surface area contributed by atoms with E-state index in [0.717, 1.165) is 15.4 Å². The highest BCUT2D eigenvalue weighted by atomic mass is 32.2. The van der Waals surface area contributed by atoms with Crippen molar-refractivity contribution in [2.45, 2.75) is 6.61 Å². The van der Waals surface area contributed by atoms with Crippen LogP contribution in [0.25, 0.3) is 10.7 Å². The van der Waals surface area contributed by atoms with Crippen LogP contribution in [-0.4, -0.2) is 37.8 Å². The Morgan fingerprint density at radius 3 is 2.73 bits per heavy atom. The Bertz CT molecular complexity index is 1010. The van der Waals surface area contributed by atoms with Gasteiger partial charge in [0.05, 0.1) is 22.4 Å². The molecular formula is C16H15N3O5S2. The first-order valence-corrected chi connectivity index (χ1v) is 10.2. The van der Waals surface area contributed by atoms with Gasteiger partial charge < -0.3 is 9.26 Å². The smallest absolute Gasteiger partial charge is 0.340 e. The predicted octanol–water partition coefficient (Wildman–Crippen LogP) is 2.55. The largest absolute Gasteiger partial charge is 0.452 e. The number of thiophene rings is 1. The van der Waals surface area contributed by atoms with Crippen LogP contribution in [0.5, 0.6) is 0 Å². The molecule has 0 fully saturated rings. The van der Waals surface area contributed by atoms with Crippen LogP contribution in [0.2, 0.25) is 0 Å². The lowest BCUT2D eigenvalue weighted by Gasteiger charge is -2.19. The van der Waals surface area contributed by atoms with E-state index in [9.17, 15) is 13.2 Å². The maximum atomic E-state index is 12.4. The van der Waals surface area contributed by atoms with Crippen molar-refractivity contribution >= 4 is 33.0 Å². The number of carbonyl (C=O) groups excluding carboxylic acids is 1. The first kappa shape index (κ1) is 18.1. The van der Waals surface area contributed by atoms with E-state index in [1.165, 1.54) is 30.5 Å². The summed E-state index contributed by atoms with van der Waals surface area (Å²) in [6, 6.07) is 9.99. The number of carbonyl (C=O) groups is 1. The van der Waals surface area contributed by atoms with Gasteiger partial charge in [-0.3, -0.25) is 4.31 Å². The van der Waals surface area contributed by atoms with E-state index < -0.39 is 16.0 Å². The Morgan fingerprint density at radius 1 is 1.27 bits per heavy atom. The average molecular weight is 393 g/mol. The molecule has 26 heavy (non-hydrogen) atoms. The van der Waals surface area contributed by atoms with Crippen LogP contribution in [0.3, 0.4) is 0 Å². The van der Waals surface area contributed by atoms with Gasteiger partial charge in [0.2, 0.25) is 15.8 Å². The van der Waals surface area contributed by atoms with E-state index in [1.54, 1.807) is 12.1 Å². The minimum atomic E-state index is -3.51. The first-order chi connectivity index (χ1) is 12.4. The number of rotatable bonds is 6. The fraction of sp³-hybridized carbons (Fsp3) is 0.188. The molecule has 3 rings (SSSR count). The Kier molecular flexibility index (Phi) is 5.05. The molecule has 0 saturated carbocycles. The van der Waals surface area contributed by atoms with Crippen molar-refractivity contribution in [3.8, 4) is 10.7 Å². The number of sulfonamides is 1. The minimum absolute atomic E-state index is 0.124. The summed E-state index contributed by atoms with van der Waals surface area (Å²) in [5.74, 6) is -0.120. The number of hydrogen-bond acceptors (Lipinski definition) is 8. The molecule has 10 heteroatoms. The molecule has 2 heterocycles. The highest BCUT2D eigenvalue weighted by Gasteiger charge is 2.21. The van der Waals surface area contributed by atoms with Crippen LogP contribution < -0.4 is 4.31 Å². The fourth-order valence-electron chi connectivity index (χ4n) is 2.12. The number of anilines is 1. The molecule has 2 aromatic heterocycles. The van der Waals surface area contributed by atoms with Gasteiger partial charge >= 0.3 is 5.97 Å². The maximum Gasteiger partial charge on any atom is 0.340 e. The summed E-state index contributed by atoms with van der Waals surface area (Å²) in [7, 11) is -2.15. The second-order valence-corrected chi connectivity index (χ2v) is 8.27. The lowest BCUT2D eigenvalue weighted by molar-refractivity contribution is 0.0431. The molecule has 0 aliphatic carbocycles. The molecule has 136 valence electrons. The van der Waals surface area contributed by atoms with Crippen molar-refractivity contribution < 1.29 is 22.5 Å². The van der Waals surface area contributed by atoms with Gasteiger partial charge in [0.1, 0.15) is 0 Å². The van der Waals surface area contributed by atoms with Crippen LogP contribution >= 0.6 is 11.3 Å². The van der Waals surface area contributed by atoms with Crippen molar-refractivity contribution in [1.82, 2.24) is 10.1 Å². The summed E-state index contributed by atoms with van der Waals surface area (Å²) in [5.41, 5.74) is 0.350. The van der Waals surface area contributed by atoms with E-state index in [0.29, 0.717) is 5.82 Å². The Labute approximate surface area is 154 Å².